The highest BCUT2D eigenvalue weighted by Gasteiger charge is 2.22. The summed E-state index contributed by atoms with van der Waals surface area (Å²) in [6.07, 6.45) is 6.34. The molecule has 5 nitrogen and oxygen atoms in total. The summed E-state index contributed by atoms with van der Waals surface area (Å²) in [4.78, 5) is 21.9. The van der Waals surface area contributed by atoms with Gasteiger partial charge in [-0.2, -0.15) is 0 Å². The second-order valence-corrected chi connectivity index (χ2v) is 5.31. The van der Waals surface area contributed by atoms with Crippen LogP contribution in [0.5, 0.6) is 0 Å². The summed E-state index contributed by atoms with van der Waals surface area (Å²) in [6, 6.07) is 0. The molecule has 0 aliphatic heterocycles. The number of carbonyl (C=O) groups is 2. The first-order valence-electron chi connectivity index (χ1n) is 7.53. The van der Waals surface area contributed by atoms with Gasteiger partial charge in [-0.3, -0.25) is 4.79 Å². The second kappa shape index (κ2) is 8.49. The van der Waals surface area contributed by atoms with E-state index in [4.69, 9.17) is 9.52 Å². The maximum Gasteiger partial charge on any atom is 0.339 e. The zero-order chi connectivity index (χ0) is 15.8. The molecule has 2 N–H and O–H groups in total. The normalized spacial score (nSPS) is 10.8. The van der Waals surface area contributed by atoms with Crippen LogP contribution in [0, 0.1) is 6.92 Å². The smallest absolute Gasteiger partial charge is 0.339 e. The Balaban J connectivity index is 2.73. The lowest BCUT2D eigenvalue weighted by atomic mass is 10.0. The maximum absolute atomic E-state index is 11.3. The van der Waals surface area contributed by atoms with Crippen LogP contribution in [0.15, 0.2) is 4.42 Å². The molecule has 0 amide bonds. The van der Waals surface area contributed by atoms with Gasteiger partial charge in [0.2, 0.25) is 0 Å². The molecular weight excluding hydrogens is 272 g/mol. The molecule has 0 fully saturated rings. The maximum atomic E-state index is 11.3. The number of rotatable bonds is 10. The summed E-state index contributed by atoms with van der Waals surface area (Å²) < 4.78 is 5.62. The van der Waals surface area contributed by atoms with Crippen LogP contribution in [0.2, 0.25) is 0 Å². The number of furan rings is 1. The van der Waals surface area contributed by atoms with E-state index in [-0.39, 0.29) is 24.2 Å². The minimum Gasteiger partial charge on any atom is -0.481 e. The van der Waals surface area contributed by atoms with Gasteiger partial charge in [-0.1, -0.05) is 32.6 Å². The Hall–Kier alpha value is -1.78. The number of hydrogen-bond acceptors (Lipinski definition) is 3. The number of carboxylic acids is 2. The van der Waals surface area contributed by atoms with Gasteiger partial charge in [-0.25, -0.2) is 4.79 Å². The Labute approximate surface area is 125 Å². The summed E-state index contributed by atoms with van der Waals surface area (Å²) in [5.41, 5.74) is 0.776. The monoisotopic (exact) mass is 296 g/mol. The zero-order valence-electron chi connectivity index (χ0n) is 12.8. The van der Waals surface area contributed by atoms with Gasteiger partial charge in [0.1, 0.15) is 17.1 Å². The molecule has 0 unspecified atom stereocenters. The van der Waals surface area contributed by atoms with Crippen LogP contribution < -0.4 is 0 Å². The molecule has 1 rings (SSSR count). The molecule has 21 heavy (non-hydrogen) atoms. The van der Waals surface area contributed by atoms with Crippen molar-refractivity contribution in [3.05, 3.63) is 22.6 Å². The fraction of sp³-hybridized carbons (Fsp3) is 0.625. The highest BCUT2D eigenvalue weighted by molar-refractivity contribution is 5.91. The highest BCUT2D eigenvalue weighted by Crippen LogP contribution is 2.25. The summed E-state index contributed by atoms with van der Waals surface area (Å²) in [7, 11) is 0. The van der Waals surface area contributed by atoms with E-state index in [0.717, 1.165) is 12.8 Å². The van der Waals surface area contributed by atoms with Crippen molar-refractivity contribution < 1.29 is 24.2 Å². The van der Waals surface area contributed by atoms with Crippen molar-refractivity contribution in [1.82, 2.24) is 0 Å². The third-order valence-electron chi connectivity index (χ3n) is 3.61. The van der Waals surface area contributed by atoms with Gasteiger partial charge in [-0.15, -0.1) is 0 Å². The molecule has 0 aliphatic carbocycles. The van der Waals surface area contributed by atoms with Crippen LogP contribution in [0.3, 0.4) is 0 Å². The molecule has 0 radical (unpaired) electrons. The first kappa shape index (κ1) is 17.3. The van der Waals surface area contributed by atoms with Crippen molar-refractivity contribution in [3.63, 3.8) is 0 Å². The van der Waals surface area contributed by atoms with E-state index in [9.17, 15) is 14.7 Å². The summed E-state index contributed by atoms with van der Waals surface area (Å²) in [6.45, 7) is 3.89. The third-order valence-corrected chi connectivity index (χ3v) is 3.61. The minimum absolute atomic E-state index is 0.119. The van der Waals surface area contributed by atoms with Crippen LogP contribution >= 0.6 is 0 Å². The molecule has 118 valence electrons. The molecule has 1 aromatic rings. The fourth-order valence-electron chi connectivity index (χ4n) is 2.43. The van der Waals surface area contributed by atoms with Crippen molar-refractivity contribution in [2.45, 2.75) is 65.2 Å². The Morgan fingerprint density at radius 1 is 1.00 bits per heavy atom. The third kappa shape index (κ3) is 5.25. The van der Waals surface area contributed by atoms with Gasteiger partial charge >= 0.3 is 11.9 Å². The van der Waals surface area contributed by atoms with E-state index < -0.39 is 11.9 Å². The number of unbranched alkanes of at least 4 members (excludes halogenated alkanes) is 4. The molecule has 0 saturated heterocycles. The largest absolute Gasteiger partial charge is 0.481 e. The van der Waals surface area contributed by atoms with Gasteiger partial charge in [0, 0.05) is 18.4 Å². The minimum atomic E-state index is -1.05. The van der Waals surface area contributed by atoms with Crippen LogP contribution in [0.25, 0.3) is 0 Å². The topological polar surface area (TPSA) is 87.7 Å². The van der Waals surface area contributed by atoms with Gasteiger partial charge < -0.3 is 14.6 Å². The first-order chi connectivity index (χ1) is 9.97. The average molecular weight is 296 g/mol. The van der Waals surface area contributed by atoms with Crippen molar-refractivity contribution >= 4 is 11.9 Å². The van der Waals surface area contributed by atoms with Crippen LogP contribution in [-0.2, 0) is 17.6 Å². The molecule has 0 aliphatic rings. The zero-order valence-corrected chi connectivity index (χ0v) is 12.8. The number of aliphatic carboxylic acids is 1. The van der Waals surface area contributed by atoms with Crippen LogP contribution in [0.1, 0.15) is 72.9 Å². The Morgan fingerprint density at radius 3 is 2.24 bits per heavy atom. The van der Waals surface area contributed by atoms with E-state index in [2.05, 4.69) is 6.92 Å². The van der Waals surface area contributed by atoms with E-state index >= 15 is 0 Å². The van der Waals surface area contributed by atoms with Gasteiger partial charge in [-0.05, 0) is 13.3 Å². The predicted molar refractivity (Wildman–Crippen MR) is 78.8 cm³/mol. The Bertz CT molecular complexity index is 487. The van der Waals surface area contributed by atoms with Crippen molar-refractivity contribution in [2.24, 2.45) is 0 Å². The Kier molecular flexibility index (Phi) is 6.99. The van der Waals surface area contributed by atoms with E-state index in [1.165, 1.54) is 19.3 Å². The standard InChI is InChI=1S/C16H24O5/c1-3-4-5-6-7-8-12-11(2)15(16(19)20)13(21-12)9-10-14(17)18/h3-10H2,1-2H3,(H,17,18)(H,19,20). The molecule has 0 aromatic carbocycles. The molecule has 0 bridgehead atoms. The van der Waals surface area contributed by atoms with Crippen LogP contribution in [-0.4, -0.2) is 22.2 Å². The lowest BCUT2D eigenvalue weighted by Gasteiger charge is -1.99. The number of carboxylic acid groups (broad SMARTS) is 2. The summed E-state index contributed by atoms with van der Waals surface area (Å²) in [5, 5.41) is 18.0. The van der Waals surface area contributed by atoms with E-state index in [1.54, 1.807) is 6.92 Å². The summed E-state index contributed by atoms with van der Waals surface area (Å²) in [5.74, 6) is -1.04. The number of aryl methyl sites for hydroxylation is 2. The highest BCUT2D eigenvalue weighted by atomic mass is 16.4. The lowest BCUT2D eigenvalue weighted by Crippen LogP contribution is -2.04. The molecule has 1 heterocycles. The number of aromatic carboxylic acids is 1. The van der Waals surface area contributed by atoms with E-state index in [0.29, 0.717) is 17.7 Å². The van der Waals surface area contributed by atoms with Crippen molar-refractivity contribution in [3.8, 4) is 0 Å². The van der Waals surface area contributed by atoms with Crippen LogP contribution in [0.4, 0.5) is 0 Å². The molecule has 0 atom stereocenters. The molecule has 1 aromatic heterocycles. The van der Waals surface area contributed by atoms with Gasteiger partial charge in [0.05, 0.1) is 6.42 Å². The predicted octanol–water partition coefficient (Wildman–Crippen LogP) is 3.82. The molecule has 0 saturated carbocycles. The second-order valence-electron chi connectivity index (χ2n) is 5.31. The SMILES string of the molecule is CCCCCCCc1oc(CCC(=O)O)c(C(=O)O)c1C. The first-order valence-corrected chi connectivity index (χ1v) is 7.53. The van der Waals surface area contributed by atoms with Gasteiger partial charge in [0.15, 0.2) is 0 Å². The average Bonchev–Trinajstić information content (AvgIpc) is 2.73. The lowest BCUT2D eigenvalue weighted by molar-refractivity contribution is -0.137. The van der Waals surface area contributed by atoms with Gasteiger partial charge in [0.25, 0.3) is 0 Å². The quantitative estimate of drug-likeness (QED) is 0.641. The summed E-state index contributed by atoms with van der Waals surface area (Å²) >= 11 is 0. The van der Waals surface area contributed by atoms with E-state index in [1.807, 2.05) is 0 Å². The Morgan fingerprint density at radius 2 is 1.67 bits per heavy atom. The molecule has 0 spiro atoms. The molecular formula is C16H24O5. The number of hydrogen-bond donors (Lipinski definition) is 2. The van der Waals surface area contributed by atoms with Crippen molar-refractivity contribution in [2.75, 3.05) is 0 Å². The fourth-order valence-corrected chi connectivity index (χ4v) is 2.43. The molecule has 5 heteroatoms. The van der Waals surface area contributed by atoms with Crippen molar-refractivity contribution in [1.29, 1.82) is 0 Å².